The van der Waals surface area contributed by atoms with Crippen LogP contribution in [0.25, 0.3) is 5.69 Å². The van der Waals surface area contributed by atoms with Gasteiger partial charge in [-0.1, -0.05) is 59.2 Å². The van der Waals surface area contributed by atoms with E-state index in [9.17, 15) is 27.2 Å². The first-order valence-electron chi connectivity index (χ1n) is 11.1. The Hall–Kier alpha value is -3.61. The second kappa shape index (κ2) is 12.1. The van der Waals surface area contributed by atoms with Crippen molar-refractivity contribution in [2.24, 2.45) is 0 Å². The molecule has 202 valence electrons. The molecule has 0 unspecified atom stereocenters. The standard InChI is InChI=1S/C25H17Cl2F4N5O2S/c26-14-5-3-6-15(11-14)36-20(12-32-23(38)22-17(27)8-4-9-18(22)28)34-35-24(36)39-13-21(37)33-19-10-2-1-7-16(19)25(29,30)31/h1-11H,12-13H2,(H,32,38)(H,33,37). The van der Waals surface area contributed by atoms with Crippen LogP contribution in [0, 0.1) is 5.82 Å². The number of benzene rings is 3. The molecule has 0 radical (unpaired) electrons. The zero-order chi connectivity index (χ0) is 28.2. The fourth-order valence-electron chi connectivity index (χ4n) is 3.50. The van der Waals surface area contributed by atoms with Gasteiger partial charge >= 0.3 is 6.18 Å². The number of amides is 2. The van der Waals surface area contributed by atoms with Gasteiger partial charge in [-0.25, -0.2) is 4.39 Å². The third-order valence-electron chi connectivity index (χ3n) is 5.20. The molecule has 7 nitrogen and oxygen atoms in total. The highest BCUT2D eigenvalue weighted by molar-refractivity contribution is 7.99. The van der Waals surface area contributed by atoms with Crippen molar-refractivity contribution in [3.8, 4) is 5.69 Å². The molecule has 4 aromatic rings. The van der Waals surface area contributed by atoms with E-state index in [4.69, 9.17) is 23.2 Å². The normalized spacial score (nSPS) is 11.3. The summed E-state index contributed by atoms with van der Waals surface area (Å²) >= 11 is 13.0. The van der Waals surface area contributed by atoms with E-state index in [1.165, 1.54) is 28.8 Å². The molecule has 2 N–H and O–H groups in total. The van der Waals surface area contributed by atoms with Crippen molar-refractivity contribution in [1.82, 2.24) is 20.1 Å². The second-order valence-electron chi connectivity index (χ2n) is 7.87. The number of hydrogen-bond acceptors (Lipinski definition) is 5. The number of anilines is 1. The summed E-state index contributed by atoms with van der Waals surface area (Å²) in [5.74, 6) is -2.38. The molecule has 0 saturated heterocycles. The van der Waals surface area contributed by atoms with E-state index in [1.807, 2.05) is 0 Å². The van der Waals surface area contributed by atoms with Gasteiger partial charge in [-0.15, -0.1) is 10.2 Å². The maximum Gasteiger partial charge on any atom is 0.418 e. The second-order valence-corrected chi connectivity index (χ2v) is 9.66. The Balaban J connectivity index is 1.54. The Morgan fingerprint density at radius 2 is 1.72 bits per heavy atom. The summed E-state index contributed by atoms with van der Waals surface area (Å²) in [4.78, 5) is 25.1. The molecular formula is C25H17Cl2F4N5O2S. The minimum atomic E-state index is -4.64. The lowest BCUT2D eigenvalue weighted by Crippen LogP contribution is -2.26. The number of para-hydroxylation sites is 1. The molecule has 4 rings (SSSR count). The number of thioether (sulfide) groups is 1. The summed E-state index contributed by atoms with van der Waals surface area (Å²) in [6.07, 6.45) is -4.64. The SMILES string of the molecule is O=C(CSc1nnc(CNC(=O)c2c(F)cccc2Cl)n1-c1cccc(Cl)c1)Nc1ccccc1C(F)(F)F. The molecule has 0 aliphatic heterocycles. The number of alkyl halides is 3. The van der Waals surface area contributed by atoms with Gasteiger partial charge in [0.05, 0.1) is 39.8 Å². The van der Waals surface area contributed by atoms with E-state index in [-0.39, 0.29) is 39.6 Å². The average Bonchev–Trinajstić information content (AvgIpc) is 3.28. The lowest BCUT2D eigenvalue weighted by Gasteiger charge is -2.14. The zero-order valence-electron chi connectivity index (χ0n) is 19.6. The van der Waals surface area contributed by atoms with Gasteiger partial charge in [-0.2, -0.15) is 13.2 Å². The van der Waals surface area contributed by atoms with Crippen molar-refractivity contribution in [2.45, 2.75) is 17.9 Å². The number of halogens is 6. The van der Waals surface area contributed by atoms with Gasteiger partial charge in [0.1, 0.15) is 5.82 Å². The van der Waals surface area contributed by atoms with Crippen molar-refractivity contribution >= 4 is 52.5 Å². The van der Waals surface area contributed by atoms with Crippen LogP contribution in [0.2, 0.25) is 10.0 Å². The van der Waals surface area contributed by atoms with E-state index in [0.29, 0.717) is 10.7 Å². The van der Waals surface area contributed by atoms with Crippen LogP contribution >= 0.6 is 35.0 Å². The Kier molecular flexibility index (Phi) is 8.78. The van der Waals surface area contributed by atoms with Crippen LogP contribution in [0.4, 0.5) is 23.2 Å². The van der Waals surface area contributed by atoms with Crippen molar-refractivity contribution in [1.29, 1.82) is 0 Å². The molecule has 0 aliphatic carbocycles. The number of carbonyl (C=O) groups is 2. The van der Waals surface area contributed by atoms with Gasteiger partial charge in [0.25, 0.3) is 5.91 Å². The fraction of sp³-hybridized carbons (Fsp3) is 0.120. The minimum absolute atomic E-state index is 0.0711. The molecule has 39 heavy (non-hydrogen) atoms. The monoisotopic (exact) mass is 597 g/mol. The summed E-state index contributed by atoms with van der Waals surface area (Å²) in [5, 5.41) is 13.4. The predicted octanol–water partition coefficient (Wildman–Crippen LogP) is 6.39. The number of nitrogens with one attached hydrogen (secondary N) is 2. The van der Waals surface area contributed by atoms with Crippen molar-refractivity contribution in [2.75, 3.05) is 11.1 Å². The van der Waals surface area contributed by atoms with Crippen molar-refractivity contribution in [3.63, 3.8) is 0 Å². The highest BCUT2D eigenvalue weighted by atomic mass is 35.5. The third-order valence-corrected chi connectivity index (χ3v) is 6.68. The van der Waals surface area contributed by atoms with Crippen LogP contribution < -0.4 is 10.6 Å². The first-order chi connectivity index (χ1) is 18.5. The molecule has 0 saturated carbocycles. The van der Waals surface area contributed by atoms with E-state index in [0.717, 1.165) is 30.0 Å². The zero-order valence-corrected chi connectivity index (χ0v) is 21.9. The summed E-state index contributed by atoms with van der Waals surface area (Å²) in [7, 11) is 0. The molecule has 0 bridgehead atoms. The van der Waals surface area contributed by atoms with Gasteiger partial charge in [0.2, 0.25) is 5.91 Å². The maximum absolute atomic E-state index is 14.1. The Morgan fingerprint density at radius 1 is 0.974 bits per heavy atom. The van der Waals surface area contributed by atoms with E-state index in [2.05, 4.69) is 20.8 Å². The lowest BCUT2D eigenvalue weighted by atomic mass is 10.1. The number of hydrogen-bond donors (Lipinski definition) is 2. The molecule has 0 spiro atoms. The molecule has 1 aromatic heterocycles. The van der Waals surface area contributed by atoms with E-state index >= 15 is 0 Å². The van der Waals surface area contributed by atoms with Crippen molar-refractivity contribution < 1.29 is 27.2 Å². The van der Waals surface area contributed by atoms with Crippen LogP contribution in [0.5, 0.6) is 0 Å². The topological polar surface area (TPSA) is 88.9 Å². The smallest absolute Gasteiger partial charge is 0.345 e. The van der Waals surface area contributed by atoms with Crippen LogP contribution in [0.15, 0.2) is 71.9 Å². The van der Waals surface area contributed by atoms with Crippen LogP contribution in [-0.2, 0) is 17.5 Å². The lowest BCUT2D eigenvalue weighted by molar-refractivity contribution is -0.137. The highest BCUT2D eigenvalue weighted by Gasteiger charge is 2.33. The Labute approximate surface area is 233 Å². The highest BCUT2D eigenvalue weighted by Crippen LogP contribution is 2.34. The number of nitrogens with zero attached hydrogens (tertiary/aromatic N) is 3. The van der Waals surface area contributed by atoms with E-state index < -0.39 is 29.4 Å². The summed E-state index contributed by atoms with van der Waals surface area (Å²) in [6.45, 7) is -0.200. The maximum atomic E-state index is 14.1. The Morgan fingerprint density at radius 3 is 2.44 bits per heavy atom. The van der Waals surface area contributed by atoms with Gasteiger partial charge < -0.3 is 10.6 Å². The average molecular weight is 598 g/mol. The summed E-state index contributed by atoms with van der Waals surface area (Å²) in [6, 6.07) is 15.0. The number of aromatic nitrogens is 3. The van der Waals surface area contributed by atoms with Gasteiger partial charge in [0.15, 0.2) is 11.0 Å². The van der Waals surface area contributed by atoms with Gasteiger partial charge in [-0.3, -0.25) is 14.2 Å². The van der Waals surface area contributed by atoms with Crippen LogP contribution in [0.3, 0.4) is 0 Å². The molecule has 1 heterocycles. The van der Waals surface area contributed by atoms with Crippen LogP contribution in [0.1, 0.15) is 21.7 Å². The molecule has 0 atom stereocenters. The predicted molar refractivity (Wildman–Crippen MR) is 140 cm³/mol. The van der Waals surface area contributed by atoms with Gasteiger partial charge in [-0.05, 0) is 42.5 Å². The van der Waals surface area contributed by atoms with Crippen molar-refractivity contribution in [3.05, 3.63) is 99.5 Å². The quantitative estimate of drug-likeness (QED) is 0.181. The molecule has 14 heteroatoms. The van der Waals surface area contributed by atoms with E-state index in [1.54, 1.807) is 24.3 Å². The van der Waals surface area contributed by atoms with Gasteiger partial charge in [0, 0.05) is 5.02 Å². The summed E-state index contributed by atoms with van der Waals surface area (Å²) in [5.41, 5.74) is -1.19. The molecule has 0 aliphatic rings. The summed E-state index contributed by atoms with van der Waals surface area (Å²) < 4.78 is 55.4. The third kappa shape index (κ3) is 6.88. The molecule has 0 fully saturated rings. The largest absolute Gasteiger partial charge is 0.418 e. The molecule has 3 aromatic carbocycles. The number of carbonyl (C=O) groups excluding carboxylic acids is 2. The molecular weight excluding hydrogens is 581 g/mol. The Bertz CT molecular complexity index is 1510. The van der Waals surface area contributed by atoms with Crippen LogP contribution in [-0.4, -0.2) is 32.3 Å². The minimum Gasteiger partial charge on any atom is -0.345 e. The first kappa shape index (κ1) is 28.4. The molecule has 2 amide bonds. The first-order valence-corrected chi connectivity index (χ1v) is 12.8. The number of rotatable bonds is 8. The fourth-order valence-corrected chi connectivity index (χ4v) is 4.71.